The van der Waals surface area contributed by atoms with Crippen LogP contribution < -0.4 is 5.32 Å². The number of carbonyl (C=O) groups is 3. The number of benzene rings is 1. The van der Waals surface area contributed by atoms with Crippen LogP contribution in [0, 0.1) is 11.8 Å². The predicted molar refractivity (Wildman–Crippen MR) is 68.3 cm³/mol. The molecule has 18 heavy (non-hydrogen) atoms. The third-order valence-corrected chi connectivity index (χ3v) is 3.01. The Morgan fingerprint density at radius 3 is 2.72 bits per heavy atom. The summed E-state index contributed by atoms with van der Waals surface area (Å²) in [6.07, 6.45) is 0. The van der Waals surface area contributed by atoms with Crippen molar-refractivity contribution in [3.8, 4) is 11.8 Å². The predicted octanol–water partition coefficient (Wildman–Crippen LogP) is 1.20. The van der Waals surface area contributed by atoms with E-state index in [1.807, 2.05) is 0 Å². The Labute approximate surface area is 108 Å². The molecule has 5 heteroatoms. The maximum absolute atomic E-state index is 11.4. The molecule has 2 amide bonds. The molecule has 1 aliphatic rings. The van der Waals surface area contributed by atoms with Gasteiger partial charge in [0, 0.05) is 12.5 Å². The highest BCUT2D eigenvalue weighted by atomic mass is 32.2. The summed E-state index contributed by atoms with van der Waals surface area (Å²) in [5.41, 5.74) is 1.39. The van der Waals surface area contributed by atoms with E-state index >= 15 is 0 Å². The molecule has 0 unspecified atom stereocenters. The molecule has 0 spiro atoms. The summed E-state index contributed by atoms with van der Waals surface area (Å²) in [7, 11) is 0. The molecule has 0 atom stereocenters. The first-order chi connectivity index (χ1) is 8.58. The molecule has 0 aromatic heterocycles. The van der Waals surface area contributed by atoms with Gasteiger partial charge in [-0.1, -0.05) is 23.6 Å². The number of carbonyl (C=O) groups excluding carboxylic acids is 3. The number of imide groups is 1. The maximum atomic E-state index is 11.4. The molecule has 1 heterocycles. The second kappa shape index (κ2) is 5.07. The summed E-state index contributed by atoms with van der Waals surface area (Å²) in [5, 5.41) is 2.23. The number of rotatable bonds is 1. The Balaban J connectivity index is 2.17. The lowest BCUT2D eigenvalue weighted by Crippen LogP contribution is -2.19. The van der Waals surface area contributed by atoms with E-state index in [1.54, 1.807) is 18.2 Å². The van der Waals surface area contributed by atoms with E-state index in [4.69, 9.17) is 0 Å². The van der Waals surface area contributed by atoms with E-state index in [2.05, 4.69) is 17.2 Å². The fourth-order valence-corrected chi connectivity index (χ4v) is 1.87. The Hall–Kier alpha value is -2.06. The van der Waals surface area contributed by atoms with Crippen LogP contribution in [0.5, 0.6) is 0 Å². The Bertz CT molecular complexity index is 610. The summed E-state index contributed by atoms with van der Waals surface area (Å²) < 4.78 is 0. The quantitative estimate of drug-likeness (QED) is 0.608. The first kappa shape index (κ1) is 12.4. The molecule has 0 fully saturated rings. The molecule has 4 nitrogen and oxygen atoms in total. The van der Waals surface area contributed by atoms with Crippen molar-refractivity contribution in [2.75, 3.05) is 5.75 Å². The van der Waals surface area contributed by atoms with Crippen molar-refractivity contribution in [3.05, 3.63) is 34.9 Å². The highest BCUT2D eigenvalue weighted by Gasteiger charge is 2.26. The topological polar surface area (TPSA) is 63.2 Å². The van der Waals surface area contributed by atoms with Gasteiger partial charge in [0.2, 0.25) is 0 Å². The smallest absolute Gasteiger partial charge is 0.258 e. The third-order valence-electron chi connectivity index (χ3n) is 2.32. The lowest BCUT2D eigenvalue weighted by atomic mass is 10.1. The largest absolute Gasteiger partial charge is 0.288 e. The van der Waals surface area contributed by atoms with Crippen LogP contribution in [0.2, 0.25) is 0 Å². The highest BCUT2D eigenvalue weighted by Crippen LogP contribution is 2.16. The Morgan fingerprint density at radius 2 is 2.00 bits per heavy atom. The van der Waals surface area contributed by atoms with Gasteiger partial charge >= 0.3 is 0 Å². The molecule has 1 N–H and O–H groups in total. The molecular formula is C13H9NO3S. The first-order valence-corrected chi connectivity index (χ1v) is 6.18. The lowest BCUT2D eigenvalue weighted by molar-refractivity contribution is -0.109. The summed E-state index contributed by atoms with van der Waals surface area (Å²) in [6, 6.07) is 4.85. The van der Waals surface area contributed by atoms with Crippen LogP contribution in [0.4, 0.5) is 0 Å². The van der Waals surface area contributed by atoms with E-state index < -0.39 is 5.91 Å². The molecule has 0 radical (unpaired) electrons. The summed E-state index contributed by atoms with van der Waals surface area (Å²) >= 11 is 1.13. The van der Waals surface area contributed by atoms with Gasteiger partial charge in [0.1, 0.15) is 0 Å². The van der Waals surface area contributed by atoms with E-state index in [-0.39, 0.29) is 11.0 Å². The number of hydrogen-bond donors (Lipinski definition) is 1. The van der Waals surface area contributed by atoms with Gasteiger partial charge in [-0.15, -0.1) is 0 Å². The van der Waals surface area contributed by atoms with E-state index in [0.29, 0.717) is 22.4 Å². The van der Waals surface area contributed by atoms with E-state index in [1.165, 1.54) is 6.92 Å². The van der Waals surface area contributed by atoms with Crippen LogP contribution in [0.25, 0.3) is 0 Å². The van der Waals surface area contributed by atoms with Crippen molar-refractivity contribution in [1.82, 2.24) is 5.32 Å². The molecule has 0 bridgehead atoms. The van der Waals surface area contributed by atoms with Crippen LogP contribution in [0.15, 0.2) is 18.2 Å². The van der Waals surface area contributed by atoms with E-state index in [0.717, 1.165) is 11.8 Å². The molecule has 1 aliphatic heterocycles. The minimum absolute atomic E-state index is 0.0169. The van der Waals surface area contributed by atoms with Crippen LogP contribution in [-0.2, 0) is 4.79 Å². The zero-order chi connectivity index (χ0) is 13.1. The number of amides is 2. The van der Waals surface area contributed by atoms with Crippen LogP contribution in [0.3, 0.4) is 0 Å². The van der Waals surface area contributed by atoms with Gasteiger partial charge in [0.25, 0.3) is 11.8 Å². The fraction of sp³-hybridized carbons (Fsp3) is 0.154. The van der Waals surface area contributed by atoms with Crippen molar-refractivity contribution in [2.24, 2.45) is 0 Å². The van der Waals surface area contributed by atoms with Crippen molar-refractivity contribution >= 4 is 28.7 Å². The molecular weight excluding hydrogens is 250 g/mol. The minimum Gasteiger partial charge on any atom is -0.288 e. The van der Waals surface area contributed by atoms with Gasteiger partial charge in [-0.25, -0.2) is 0 Å². The number of fused-ring (bicyclic) bond motifs is 1. The zero-order valence-corrected chi connectivity index (χ0v) is 10.4. The third kappa shape index (κ3) is 2.60. The Morgan fingerprint density at radius 1 is 1.28 bits per heavy atom. The molecule has 0 saturated carbocycles. The van der Waals surface area contributed by atoms with Gasteiger partial charge in [-0.05, 0) is 18.2 Å². The van der Waals surface area contributed by atoms with Crippen molar-refractivity contribution in [1.29, 1.82) is 0 Å². The number of thioether (sulfide) groups is 1. The van der Waals surface area contributed by atoms with Gasteiger partial charge < -0.3 is 0 Å². The molecule has 0 aliphatic carbocycles. The monoisotopic (exact) mass is 259 g/mol. The second-order valence-corrected chi connectivity index (χ2v) is 4.78. The standard InChI is InChI=1S/C13H9NO3S/c1-8(15)18-6-2-3-9-4-5-10-11(7-9)13(17)14-12(10)16/h4-5,7H,6H2,1H3,(H,14,16,17). The van der Waals surface area contributed by atoms with Crippen molar-refractivity contribution in [3.63, 3.8) is 0 Å². The van der Waals surface area contributed by atoms with Crippen LogP contribution in [0.1, 0.15) is 33.2 Å². The highest BCUT2D eigenvalue weighted by molar-refractivity contribution is 8.13. The van der Waals surface area contributed by atoms with Gasteiger partial charge in [0.05, 0.1) is 16.9 Å². The molecule has 2 rings (SSSR count). The average Bonchev–Trinajstić information content (AvgIpc) is 2.60. The molecule has 90 valence electrons. The summed E-state index contributed by atoms with van der Waals surface area (Å²) in [6.45, 7) is 1.48. The van der Waals surface area contributed by atoms with Gasteiger partial charge in [-0.2, -0.15) is 0 Å². The van der Waals surface area contributed by atoms with Crippen molar-refractivity contribution < 1.29 is 14.4 Å². The summed E-state index contributed by atoms with van der Waals surface area (Å²) in [5.74, 6) is 5.33. The van der Waals surface area contributed by atoms with Gasteiger partial charge in [0.15, 0.2) is 5.12 Å². The fourth-order valence-electron chi connectivity index (χ4n) is 1.52. The number of nitrogens with one attached hydrogen (secondary N) is 1. The first-order valence-electron chi connectivity index (χ1n) is 5.20. The minimum atomic E-state index is -0.392. The van der Waals surface area contributed by atoms with Crippen LogP contribution in [-0.4, -0.2) is 22.7 Å². The Kier molecular flexibility index (Phi) is 3.49. The van der Waals surface area contributed by atoms with Gasteiger partial charge in [-0.3, -0.25) is 19.7 Å². The molecule has 0 saturated heterocycles. The maximum Gasteiger partial charge on any atom is 0.258 e. The average molecular weight is 259 g/mol. The normalized spacial score (nSPS) is 12.5. The summed E-state index contributed by atoms with van der Waals surface area (Å²) in [4.78, 5) is 33.4. The number of hydrogen-bond acceptors (Lipinski definition) is 4. The second-order valence-electron chi connectivity index (χ2n) is 3.63. The molecule has 1 aromatic carbocycles. The van der Waals surface area contributed by atoms with Crippen molar-refractivity contribution in [2.45, 2.75) is 6.92 Å². The van der Waals surface area contributed by atoms with E-state index in [9.17, 15) is 14.4 Å². The SMILES string of the molecule is CC(=O)SCC#Cc1ccc2c(c1)C(=O)NC2=O. The lowest BCUT2D eigenvalue weighted by Gasteiger charge is -1.94. The zero-order valence-electron chi connectivity index (χ0n) is 9.57. The molecule has 1 aromatic rings. The van der Waals surface area contributed by atoms with Crippen LogP contribution >= 0.6 is 11.8 Å².